The van der Waals surface area contributed by atoms with Gasteiger partial charge >= 0.3 is 5.97 Å². The Hall–Kier alpha value is -1.96. The lowest BCUT2D eigenvalue weighted by Crippen LogP contribution is -2.30. The lowest BCUT2D eigenvalue weighted by atomic mass is 10.2. The van der Waals surface area contributed by atoms with Gasteiger partial charge in [-0.2, -0.15) is 0 Å². The van der Waals surface area contributed by atoms with Crippen LogP contribution in [0.1, 0.15) is 11.3 Å². The maximum Gasteiger partial charge on any atom is 0.305 e. The predicted molar refractivity (Wildman–Crippen MR) is 103 cm³/mol. The maximum absolute atomic E-state index is 12.2. The molecule has 0 radical (unpaired) electrons. The van der Waals surface area contributed by atoms with E-state index in [2.05, 4.69) is 18.2 Å². The van der Waals surface area contributed by atoms with E-state index in [0.29, 0.717) is 9.23 Å². The monoisotopic (exact) mass is 375 g/mol. The number of aliphatic carboxylic acids is 1. The van der Waals surface area contributed by atoms with Crippen LogP contribution >= 0.6 is 35.3 Å². The molecule has 1 fully saturated rings. The molecule has 1 amide bonds. The molecule has 1 aliphatic heterocycles. The number of thiocarbonyl (C=S) groups is 1. The predicted octanol–water partition coefficient (Wildman–Crippen LogP) is 4.13. The van der Waals surface area contributed by atoms with E-state index in [9.17, 15) is 9.59 Å². The van der Waals surface area contributed by atoms with Gasteiger partial charge in [0.2, 0.25) is 0 Å². The second-order valence-electron chi connectivity index (χ2n) is 5.05. The first-order chi connectivity index (χ1) is 11.5. The van der Waals surface area contributed by atoms with Crippen molar-refractivity contribution in [3.8, 4) is 0 Å². The number of thioether (sulfide) groups is 1. The Morgan fingerprint density at radius 3 is 2.88 bits per heavy atom. The fourth-order valence-corrected chi connectivity index (χ4v) is 4.47. The van der Waals surface area contributed by atoms with Gasteiger partial charge in [0.15, 0.2) is 0 Å². The molecule has 0 saturated carbocycles. The van der Waals surface area contributed by atoms with Crippen LogP contribution in [0.4, 0.5) is 0 Å². The standard InChI is InChI=1S/C17H13NO3S3/c19-15(20)8-9-18-16(21)14(24-17(18)22)7-3-5-12-10-11-4-1-2-6-13(11)23-12/h1-7,10H,8-9H2,(H,19,20). The van der Waals surface area contributed by atoms with Crippen molar-refractivity contribution in [2.75, 3.05) is 6.54 Å². The van der Waals surface area contributed by atoms with E-state index in [1.807, 2.05) is 24.3 Å². The third-order valence-corrected chi connectivity index (χ3v) is 5.85. The van der Waals surface area contributed by atoms with Crippen molar-refractivity contribution in [3.63, 3.8) is 0 Å². The summed E-state index contributed by atoms with van der Waals surface area (Å²) in [6, 6.07) is 10.3. The molecule has 7 heteroatoms. The molecule has 1 aromatic carbocycles. The number of thiophene rings is 1. The summed E-state index contributed by atoms with van der Waals surface area (Å²) in [7, 11) is 0. The molecular weight excluding hydrogens is 362 g/mol. The summed E-state index contributed by atoms with van der Waals surface area (Å²) < 4.78 is 1.62. The van der Waals surface area contributed by atoms with Crippen LogP contribution < -0.4 is 0 Å². The minimum Gasteiger partial charge on any atom is -0.481 e. The van der Waals surface area contributed by atoms with Crippen molar-refractivity contribution in [2.45, 2.75) is 6.42 Å². The molecule has 0 bridgehead atoms. The molecule has 1 aliphatic rings. The first-order valence-corrected chi connectivity index (χ1v) is 9.21. The number of rotatable bonds is 5. The number of hydrogen-bond acceptors (Lipinski definition) is 5. The number of carboxylic acid groups (broad SMARTS) is 1. The molecule has 122 valence electrons. The molecule has 0 unspecified atom stereocenters. The van der Waals surface area contributed by atoms with Gasteiger partial charge in [0.25, 0.3) is 5.91 Å². The molecule has 3 rings (SSSR count). The number of carboxylic acids is 1. The van der Waals surface area contributed by atoms with Gasteiger partial charge in [-0.05, 0) is 29.7 Å². The lowest BCUT2D eigenvalue weighted by molar-refractivity contribution is -0.137. The van der Waals surface area contributed by atoms with Gasteiger partial charge < -0.3 is 5.11 Å². The van der Waals surface area contributed by atoms with Gasteiger partial charge in [0.1, 0.15) is 4.32 Å². The molecule has 24 heavy (non-hydrogen) atoms. The highest BCUT2D eigenvalue weighted by molar-refractivity contribution is 8.26. The van der Waals surface area contributed by atoms with Crippen LogP contribution in [0.5, 0.6) is 0 Å². The third-order valence-electron chi connectivity index (χ3n) is 3.38. The van der Waals surface area contributed by atoms with Gasteiger partial charge in [0.05, 0.1) is 11.3 Å². The van der Waals surface area contributed by atoms with Gasteiger partial charge in [0, 0.05) is 16.1 Å². The topological polar surface area (TPSA) is 57.6 Å². The molecule has 0 aliphatic carbocycles. The number of allylic oxidation sites excluding steroid dienone is 2. The van der Waals surface area contributed by atoms with Crippen molar-refractivity contribution in [3.05, 3.63) is 52.3 Å². The largest absolute Gasteiger partial charge is 0.481 e. The Labute approximate surface area is 152 Å². The molecular formula is C17H13NO3S3. The quantitative estimate of drug-likeness (QED) is 0.629. The number of benzene rings is 1. The van der Waals surface area contributed by atoms with Crippen molar-refractivity contribution < 1.29 is 14.7 Å². The zero-order chi connectivity index (χ0) is 17.1. The van der Waals surface area contributed by atoms with Crippen LogP contribution in [-0.2, 0) is 9.59 Å². The summed E-state index contributed by atoms with van der Waals surface area (Å²) in [6.45, 7) is 0.109. The smallest absolute Gasteiger partial charge is 0.305 e. The SMILES string of the molecule is O=C(O)CCN1C(=O)C(=CC=Cc2cc3ccccc3s2)SC1=S. The second-order valence-corrected chi connectivity index (χ2v) is 7.84. The van der Waals surface area contributed by atoms with Crippen LogP contribution in [0.2, 0.25) is 0 Å². The van der Waals surface area contributed by atoms with E-state index in [1.165, 1.54) is 26.7 Å². The van der Waals surface area contributed by atoms with Crippen molar-refractivity contribution >= 4 is 67.7 Å². The van der Waals surface area contributed by atoms with Gasteiger partial charge in [-0.1, -0.05) is 48.3 Å². The first-order valence-electron chi connectivity index (χ1n) is 7.17. The summed E-state index contributed by atoms with van der Waals surface area (Å²) in [4.78, 5) is 25.8. The Morgan fingerprint density at radius 1 is 1.33 bits per heavy atom. The molecule has 0 spiro atoms. The van der Waals surface area contributed by atoms with Gasteiger partial charge in [-0.3, -0.25) is 14.5 Å². The third kappa shape index (κ3) is 3.75. The van der Waals surface area contributed by atoms with E-state index < -0.39 is 5.97 Å². The molecule has 4 nitrogen and oxygen atoms in total. The van der Waals surface area contributed by atoms with Crippen molar-refractivity contribution in [1.82, 2.24) is 4.90 Å². The van der Waals surface area contributed by atoms with E-state index in [0.717, 1.165) is 4.88 Å². The number of amides is 1. The van der Waals surface area contributed by atoms with Gasteiger partial charge in [-0.15, -0.1) is 11.3 Å². The summed E-state index contributed by atoms with van der Waals surface area (Å²) in [5.41, 5.74) is 0. The molecule has 0 atom stereocenters. The number of fused-ring (bicyclic) bond motifs is 1. The van der Waals surface area contributed by atoms with Crippen LogP contribution in [0.15, 0.2) is 47.4 Å². The fraction of sp³-hybridized carbons (Fsp3) is 0.118. The van der Waals surface area contributed by atoms with Crippen molar-refractivity contribution in [1.29, 1.82) is 0 Å². The molecule has 2 heterocycles. The number of carbonyl (C=O) groups excluding carboxylic acids is 1. The van der Waals surface area contributed by atoms with E-state index in [1.54, 1.807) is 17.4 Å². The highest BCUT2D eigenvalue weighted by Crippen LogP contribution is 2.31. The van der Waals surface area contributed by atoms with Gasteiger partial charge in [-0.25, -0.2) is 0 Å². The first kappa shape index (κ1) is 16.9. The maximum atomic E-state index is 12.2. The number of carbonyl (C=O) groups is 2. The van der Waals surface area contributed by atoms with E-state index in [-0.39, 0.29) is 18.9 Å². The molecule has 2 aromatic rings. The van der Waals surface area contributed by atoms with Crippen LogP contribution in [0.3, 0.4) is 0 Å². The Morgan fingerprint density at radius 2 is 2.12 bits per heavy atom. The Kier molecular flexibility index (Phi) is 5.13. The average Bonchev–Trinajstić information content (AvgIpc) is 3.07. The zero-order valence-electron chi connectivity index (χ0n) is 12.5. The van der Waals surface area contributed by atoms with Crippen LogP contribution in [0, 0.1) is 0 Å². The molecule has 1 saturated heterocycles. The minimum absolute atomic E-state index is 0.109. The van der Waals surface area contributed by atoms with Crippen LogP contribution in [-0.4, -0.2) is 32.7 Å². The minimum atomic E-state index is -0.947. The summed E-state index contributed by atoms with van der Waals surface area (Å²) in [5.74, 6) is -1.18. The average molecular weight is 375 g/mol. The van der Waals surface area contributed by atoms with Crippen molar-refractivity contribution in [2.24, 2.45) is 0 Å². The fourth-order valence-electron chi connectivity index (χ4n) is 2.23. The molecule has 1 N–H and O–H groups in total. The Balaban J connectivity index is 1.71. The molecule has 1 aromatic heterocycles. The zero-order valence-corrected chi connectivity index (χ0v) is 14.9. The normalized spacial score (nSPS) is 16.8. The van der Waals surface area contributed by atoms with E-state index >= 15 is 0 Å². The highest BCUT2D eigenvalue weighted by atomic mass is 32.2. The highest BCUT2D eigenvalue weighted by Gasteiger charge is 2.31. The summed E-state index contributed by atoms with van der Waals surface area (Å²) >= 11 is 8.03. The number of nitrogens with zero attached hydrogens (tertiary/aromatic N) is 1. The summed E-state index contributed by atoms with van der Waals surface area (Å²) in [6.07, 6.45) is 5.39. The summed E-state index contributed by atoms with van der Waals surface area (Å²) in [5, 5.41) is 9.92. The van der Waals surface area contributed by atoms with Crippen LogP contribution in [0.25, 0.3) is 16.2 Å². The second kappa shape index (κ2) is 7.29. The Bertz CT molecular complexity index is 849. The lowest BCUT2D eigenvalue weighted by Gasteiger charge is -2.12. The van der Waals surface area contributed by atoms with E-state index in [4.69, 9.17) is 17.3 Å². The number of hydrogen-bond donors (Lipinski definition) is 1.